The Morgan fingerprint density at radius 3 is 2.86 bits per heavy atom. The van der Waals surface area contributed by atoms with E-state index in [9.17, 15) is 5.11 Å². The number of phenols is 1. The molecule has 0 amide bonds. The van der Waals surface area contributed by atoms with Crippen molar-refractivity contribution >= 4 is 5.71 Å². The third-order valence-electron chi connectivity index (χ3n) is 4.63. The third kappa shape index (κ3) is 1.92. The fourth-order valence-electron chi connectivity index (χ4n) is 3.72. The molecule has 0 fully saturated rings. The maximum absolute atomic E-state index is 9.76. The van der Waals surface area contributed by atoms with Gasteiger partial charge in [0.1, 0.15) is 5.75 Å². The number of aryl methyl sites for hydroxylation is 1. The van der Waals surface area contributed by atoms with Gasteiger partial charge in [-0.25, -0.2) is 0 Å². The predicted molar refractivity (Wildman–Crippen MR) is 83.4 cm³/mol. The Morgan fingerprint density at radius 1 is 1.14 bits per heavy atom. The Kier molecular flexibility index (Phi) is 2.74. The SMILES string of the molecule is CN1N=C2c3ccccc3CCC2[C@@H]1c1cccc(O)c1. The molecule has 0 spiro atoms. The van der Waals surface area contributed by atoms with Crippen LogP contribution in [0.1, 0.15) is 29.2 Å². The molecule has 0 saturated heterocycles. The molecular formula is C18H18N2O. The van der Waals surface area contributed by atoms with Crippen LogP contribution in [0, 0.1) is 5.92 Å². The van der Waals surface area contributed by atoms with Crippen molar-refractivity contribution in [3.63, 3.8) is 0 Å². The molecule has 2 aromatic carbocycles. The number of hydrazone groups is 1. The van der Waals surface area contributed by atoms with Gasteiger partial charge in [0.15, 0.2) is 0 Å². The lowest BCUT2D eigenvalue weighted by Crippen LogP contribution is -2.27. The van der Waals surface area contributed by atoms with Crippen LogP contribution in [0.4, 0.5) is 0 Å². The minimum absolute atomic E-state index is 0.223. The van der Waals surface area contributed by atoms with Crippen molar-refractivity contribution in [3.05, 3.63) is 65.2 Å². The van der Waals surface area contributed by atoms with Gasteiger partial charge in [0, 0.05) is 18.5 Å². The van der Waals surface area contributed by atoms with Crippen LogP contribution in [0.15, 0.2) is 53.6 Å². The maximum Gasteiger partial charge on any atom is 0.115 e. The molecule has 1 aliphatic heterocycles. The molecule has 1 aliphatic carbocycles. The molecule has 4 rings (SSSR count). The van der Waals surface area contributed by atoms with Crippen LogP contribution in [0.25, 0.3) is 0 Å². The summed E-state index contributed by atoms with van der Waals surface area (Å²) in [5.74, 6) is 0.734. The molecular weight excluding hydrogens is 260 g/mol. The van der Waals surface area contributed by atoms with Crippen LogP contribution >= 0.6 is 0 Å². The van der Waals surface area contributed by atoms with Crippen molar-refractivity contribution in [2.45, 2.75) is 18.9 Å². The number of phenolic OH excluding ortho intramolecular Hbond substituents is 1. The summed E-state index contributed by atoms with van der Waals surface area (Å²) in [5.41, 5.74) is 5.04. The zero-order chi connectivity index (χ0) is 14.4. The van der Waals surface area contributed by atoms with Crippen LogP contribution in [0.2, 0.25) is 0 Å². The average molecular weight is 278 g/mol. The second kappa shape index (κ2) is 4.62. The van der Waals surface area contributed by atoms with Gasteiger partial charge in [-0.05, 0) is 36.1 Å². The van der Waals surface area contributed by atoms with Gasteiger partial charge in [-0.1, -0.05) is 36.4 Å². The first kappa shape index (κ1) is 12.5. The van der Waals surface area contributed by atoms with Crippen LogP contribution in [-0.2, 0) is 6.42 Å². The lowest BCUT2D eigenvalue weighted by atomic mass is 9.77. The highest BCUT2D eigenvalue weighted by Gasteiger charge is 2.39. The number of nitrogens with zero attached hydrogens (tertiary/aromatic N) is 2. The minimum atomic E-state index is 0.223. The fourth-order valence-corrected chi connectivity index (χ4v) is 3.72. The second-order valence-corrected chi connectivity index (χ2v) is 5.90. The van der Waals surface area contributed by atoms with Gasteiger partial charge < -0.3 is 5.11 Å². The molecule has 2 aliphatic rings. The van der Waals surface area contributed by atoms with E-state index < -0.39 is 0 Å². The fraction of sp³-hybridized carbons (Fsp3) is 0.278. The molecule has 0 bridgehead atoms. The van der Waals surface area contributed by atoms with Crippen LogP contribution < -0.4 is 0 Å². The first-order valence-corrected chi connectivity index (χ1v) is 7.42. The van der Waals surface area contributed by atoms with Gasteiger partial charge in [-0.2, -0.15) is 5.10 Å². The standard InChI is InChI=1S/C18H18N2O/c1-20-18(13-6-4-7-14(21)11-13)16-10-9-12-5-2-3-8-15(12)17(16)19-20/h2-8,11,16,18,21H,9-10H2,1H3/t16?,18-/m0/s1. The van der Waals surface area contributed by atoms with Gasteiger partial charge >= 0.3 is 0 Å². The van der Waals surface area contributed by atoms with Crippen LogP contribution in [0.5, 0.6) is 5.75 Å². The first-order chi connectivity index (χ1) is 10.2. The quantitative estimate of drug-likeness (QED) is 0.868. The molecule has 1 heterocycles. The van der Waals surface area contributed by atoms with E-state index in [0.717, 1.165) is 18.4 Å². The largest absolute Gasteiger partial charge is 0.508 e. The van der Waals surface area contributed by atoms with Crippen molar-refractivity contribution < 1.29 is 5.11 Å². The highest BCUT2D eigenvalue weighted by Crippen LogP contribution is 2.42. The Bertz CT molecular complexity index is 723. The van der Waals surface area contributed by atoms with E-state index in [0.29, 0.717) is 11.7 Å². The molecule has 3 heteroatoms. The smallest absolute Gasteiger partial charge is 0.115 e. The Morgan fingerprint density at radius 2 is 2.00 bits per heavy atom. The Hall–Kier alpha value is -2.29. The van der Waals surface area contributed by atoms with E-state index in [2.05, 4.69) is 35.3 Å². The van der Waals surface area contributed by atoms with Gasteiger partial charge in [-0.15, -0.1) is 0 Å². The van der Waals surface area contributed by atoms with Crippen LogP contribution in [-0.4, -0.2) is 22.9 Å². The second-order valence-electron chi connectivity index (χ2n) is 5.90. The Labute approximate surface area is 124 Å². The number of hydrogen-bond donors (Lipinski definition) is 1. The van der Waals surface area contributed by atoms with Gasteiger partial charge in [-0.3, -0.25) is 5.01 Å². The number of rotatable bonds is 1. The average Bonchev–Trinajstić information content (AvgIpc) is 2.83. The molecule has 2 atom stereocenters. The van der Waals surface area contributed by atoms with E-state index >= 15 is 0 Å². The summed E-state index contributed by atoms with van der Waals surface area (Å²) < 4.78 is 0. The molecule has 1 N–H and O–H groups in total. The van der Waals surface area contributed by atoms with Crippen LogP contribution in [0.3, 0.4) is 0 Å². The van der Waals surface area contributed by atoms with E-state index in [1.807, 2.05) is 19.2 Å². The third-order valence-corrected chi connectivity index (χ3v) is 4.63. The lowest BCUT2D eigenvalue weighted by molar-refractivity contribution is 0.243. The summed E-state index contributed by atoms with van der Waals surface area (Å²) in [6.45, 7) is 0. The number of hydrogen-bond acceptors (Lipinski definition) is 3. The summed E-state index contributed by atoms with van der Waals surface area (Å²) in [5, 5.41) is 16.6. The van der Waals surface area contributed by atoms with Crippen molar-refractivity contribution in [1.82, 2.24) is 5.01 Å². The lowest BCUT2D eigenvalue weighted by Gasteiger charge is -2.29. The zero-order valence-electron chi connectivity index (χ0n) is 12.0. The number of benzene rings is 2. The van der Waals surface area contributed by atoms with E-state index in [1.54, 1.807) is 6.07 Å². The summed E-state index contributed by atoms with van der Waals surface area (Å²) >= 11 is 0. The summed E-state index contributed by atoms with van der Waals surface area (Å²) in [6.07, 6.45) is 2.21. The number of fused-ring (bicyclic) bond motifs is 3. The zero-order valence-corrected chi connectivity index (χ0v) is 12.0. The molecule has 106 valence electrons. The summed E-state index contributed by atoms with van der Waals surface area (Å²) in [4.78, 5) is 0. The van der Waals surface area contributed by atoms with Crippen molar-refractivity contribution in [1.29, 1.82) is 0 Å². The molecule has 2 aromatic rings. The topological polar surface area (TPSA) is 35.8 Å². The molecule has 0 radical (unpaired) electrons. The molecule has 3 nitrogen and oxygen atoms in total. The van der Waals surface area contributed by atoms with E-state index in [-0.39, 0.29) is 6.04 Å². The van der Waals surface area contributed by atoms with Crippen molar-refractivity contribution in [2.24, 2.45) is 11.0 Å². The Balaban J connectivity index is 1.76. The molecule has 21 heavy (non-hydrogen) atoms. The highest BCUT2D eigenvalue weighted by atomic mass is 16.3. The van der Waals surface area contributed by atoms with Gasteiger partial charge in [0.25, 0.3) is 0 Å². The minimum Gasteiger partial charge on any atom is -0.508 e. The van der Waals surface area contributed by atoms with E-state index in [4.69, 9.17) is 5.10 Å². The normalized spacial score (nSPS) is 23.5. The van der Waals surface area contributed by atoms with Crippen molar-refractivity contribution in [2.75, 3.05) is 7.05 Å². The van der Waals surface area contributed by atoms with Gasteiger partial charge in [0.05, 0.1) is 11.8 Å². The summed E-state index contributed by atoms with van der Waals surface area (Å²) in [6, 6.07) is 16.4. The summed E-state index contributed by atoms with van der Waals surface area (Å²) in [7, 11) is 2.03. The molecule has 0 saturated carbocycles. The van der Waals surface area contributed by atoms with Crippen molar-refractivity contribution in [3.8, 4) is 5.75 Å². The first-order valence-electron chi connectivity index (χ1n) is 7.42. The number of aromatic hydroxyl groups is 1. The molecule has 0 aromatic heterocycles. The predicted octanol–water partition coefficient (Wildman–Crippen LogP) is 3.35. The highest BCUT2D eigenvalue weighted by molar-refractivity contribution is 6.05. The molecule has 1 unspecified atom stereocenters. The van der Waals surface area contributed by atoms with E-state index in [1.165, 1.54) is 16.8 Å². The van der Waals surface area contributed by atoms with Gasteiger partial charge in [0.2, 0.25) is 0 Å². The monoisotopic (exact) mass is 278 g/mol. The maximum atomic E-state index is 9.76.